The molecular formula is C22H23NO3. The molecule has 3 rings (SSSR count). The molecule has 0 fully saturated rings. The van der Waals surface area contributed by atoms with Gasteiger partial charge in [-0.15, -0.1) is 0 Å². The summed E-state index contributed by atoms with van der Waals surface area (Å²) in [6.45, 7) is 8.14. The molecule has 0 saturated heterocycles. The summed E-state index contributed by atoms with van der Waals surface area (Å²) < 4.78 is 7.24. The first-order valence-corrected chi connectivity index (χ1v) is 8.64. The number of aldehydes is 1. The summed E-state index contributed by atoms with van der Waals surface area (Å²) in [5, 5.41) is 0.780. The van der Waals surface area contributed by atoms with Crippen molar-refractivity contribution in [3.63, 3.8) is 0 Å². The van der Waals surface area contributed by atoms with Gasteiger partial charge in [0, 0.05) is 16.6 Å². The van der Waals surface area contributed by atoms with Crippen LogP contribution in [0, 0.1) is 6.92 Å². The van der Waals surface area contributed by atoms with E-state index in [0.717, 1.165) is 17.2 Å². The maximum absolute atomic E-state index is 12.7. The predicted molar refractivity (Wildman–Crippen MR) is 103 cm³/mol. The van der Waals surface area contributed by atoms with E-state index in [1.54, 1.807) is 11.5 Å². The number of carbonyl (C=O) groups excluding carboxylic acids is 2. The molecule has 0 radical (unpaired) electrons. The Labute approximate surface area is 153 Å². The molecule has 0 N–H and O–H groups in total. The van der Waals surface area contributed by atoms with Gasteiger partial charge in [-0.2, -0.15) is 0 Å². The summed E-state index contributed by atoms with van der Waals surface area (Å²) in [6, 6.07) is 15.2. The molecule has 4 heteroatoms. The van der Waals surface area contributed by atoms with E-state index in [1.807, 2.05) is 48.5 Å². The molecule has 1 heterocycles. The maximum Gasteiger partial charge on any atom is 0.269 e. The molecule has 0 unspecified atom stereocenters. The number of nitrogens with zero attached hydrogens (tertiary/aromatic N) is 1. The molecular weight excluding hydrogens is 326 g/mol. The van der Waals surface area contributed by atoms with Crippen molar-refractivity contribution >= 4 is 23.1 Å². The van der Waals surface area contributed by atoms with Crippen molar-refractivity contribution in [2.45, 2.75) is 33.1 Å². The van der Waals surface area contributed by atoms with Crippen LogP contribution >= 0.6 is 0 Å². The number of ether oxygens (including phenoxy) is 1. The van der Waals surface area contributed by atoms with Crippen molar-refractivity contribution in [2.24, 2.45) is 0 Å². The molecule has 0 spiro atoms. The van der Waals surface area contributed by atoms with Crippen molar-refractivity contribution in [1.82, 2.24) is 4.57 Å². The Bertz CT molecular complexity index is 959. The standard InChI is InChI=1S/C22H23NO3/c1-15-19(13-24)18-7-5-6-8-20(18)23(15)21(25)14-26-17-11-9-16(10-12-17)22(2,3)4/h5-13H,14H2,1-4H3. The first kappa shape index (κ1) is 17.9. The minimum absolute atomic E-state index is 0.0702. The highest BCUT2D eigenvalue weighted by Crippen LogP contribution is 2.26. The number of rotatable bonds is 4. The van der Waals surface area contributed by atoms with Crippen LogP contribution in [-0.2, 0) is 5.41 Å². The fourth-order valence-corrected chi connectivity index (χ4v) is 3.12. The van der Waals surface area contributed by atoms with E-state index in [2.05, 4.69) is 20.8 Å². The Balaban J connectivity index is 1.82. The van der Waals surface area contributed by atoms with E-state index in [0.29, 0.717) is 17.0 Å². The van der Waals surface area contributed by atoms with Crippen molar-refractivity contribution in [3.05, 3.63) is 65.4 Å². The summed E-state index contributed by atoms with van der Waals surface area (Å²) in [6.07, 6.45) is 0.799. The van der Waals surface area contributed by atoms with Crippen LogP contribution in [0.3, 0.4) is 0 Å². The van der Waals surface area contributed by atoms with E-state index < -0.39 is 0 Å². The molecule has 0 atom stereocenters. The molecule has 26 heavy (non-hydrogen) atoms. The van der Waals surface area contributed by atoms with Crippen LogP contribution in [0.2, 0.25) is 0 Å². The van der Waals surface area contributed by atoms with E-state index in [1.165, 1.54) is 5.56 Å². The van der Waals surface area contributed by atoms with Gasteiger partial charge in [0.15, 0.2) is 12.9 Å². The van der Waals surface area contributed by atoms with Gasteiger partial charge in [0.1, 0.15) is 5.75 Å². The number of fused-ring (bicyclic) bond motifs is 1. The van der Waals surface area contributed by atoms with Crippen molar-refractivity contribution in [2.75, 3.05) is 6.61 Å². The number of hydrogen-bond donors (Lipinski definition) is 0. The Morgan fingerprint density at radius 3 is 2.35 bits per heavy atom. The van der Waals surface area contributed by atoms with Crippen LogP contribution in [0.5, 0.6) is 5.75 Å². The lowest BCUT2D eigenvalue weighted by molar-refractivity contribution is 0.0841. The zero-order valence-corrected chi connectivity index (χ0v) is 15.6. The summed E-state index contributed by atoms with van der Waals surface area (Å²) in [4.78, 5) is 24.1. The lowest BCUT2D eigenvalue weighted by Crippen LogP contribution is -2.20. The van der Waals surface area contributed by atoms with Gasteiger partial charge in [-0.3, -0.25) is 14.2 Å². The van der Waals surface area contributed by atoms with Gasteiger partial charge in [0.2, 0.25) is 0 Å². The van der Waals surface area contributed by atoms with Gasteiger partial charge < -0.3 is 4.74 Å². The molecule has 0 bridgehead atoms. The smallest absolute Gasteiger partial charge is 0.269 e. The van der Waals surface area contributed by atoms with Gasteiger partial charge in [-0.05, 0) is 36.1 Å². The zero-order valence-electron chi connectivity index (χ0n) is 15.6. The van der Waals surface area contributed by atoms with Gasteiger partial charge >= 0.3 is 0 Å². The van der Waals surface area contributed by atoms with E-state index in [4.69, 9.17) is 4.74 Å². The number of para-hydroxylation sites is 1. The Hall–Kier alpha value is -2.88. The summed E-state index contributed by atoms with van der Waals surface area (Å²) in [5.74, 6) is 0.447. The Kier molecular flexibility index (Phi) is 4.68. The summed E-state index contributed by atoms with van der Waals surface area (Å²) in [5.41, 5.74) is 3.19. The van der Waals surface area contributed by atoms with Crippen LogP contribution in [-0.4, -0.2) is 23.4 Å². The number of carbonyl (C=O) groups is 2. The average Bonchev–Trinajstić information content (AvgIpc) is 2.90. The lowest BCUT2D eigenvalue weighted by atomic mass is 9.87. The average molecular weight is 349 g/mol. The summed E-state index contributed by atoms with van der Waals surface area (Å²) in [7, 11) is 0. The molecule has 0 amide bonds. The van der Waals surface area contributed by atoms with E-state index in [-0.39, 0.29) is 17.9 Å². The number of benzene rings is 2. The fourth-order valence-electron chi connectivity index (χ4n) is 3.12. The third kappa shape index (κ3) is 3.27. The zero-order chi connectivity index (χ0) is 18.9. The highest BCUT2D eigenvalue weighted by molar-refractivity contribution is 6.04. The second-order valence-electron chi connectivity index (χ2n) is 7.43. The molecule has 0 aliphatic rings. The molecule has 134 valence electrons. The van der Waals surface area contributed by atoms with Crippen LogP contribution in [0.1, 0.15) is 47.2 Å². The lowest BCUT2D eigenvalue weighted by Gasteiger charge is -2.19. The molecule has 0 aliphatic heterocycles. The topological polar surface area (TPSA) is 48.3 Å². The van der Waals surface area contributed by atoms with Crippen LogP contribution in [0.15, 0.2) is 48.5 Å². The predicted octanol–water partition coefficient (Wildman–Crippen LogP) is 4.78. The third-order valence-corrected chi connectivity index (χ3v) is 4.61. The third-order valence-electron chi connectivity index (χ3n) is 4.61. The summed E-state index contributed by atoms with van der Waals surface area (Å²) >= 11 is 0. The maximum atomic E-state index is 12.7. The van der Waals surface area contributed by atoms with Crippen LogP contribution < -0.4 is 4.74 Å². The SMILES string of the molecule is Cc1c(C=O)c2ccccc2n1C(=O)COc1ccc(C(C)(C)C)cc1. The molecule has 4 nitrogen and oxygen atoms in total. The largest absolute Gasteiger partial charge is 0.484 e. The molecule has 1 aromatic heterocycles. The highest BCUT2D eigenvalue weighted by atomic mass is 16.5. The minimum Gasteiger partial charge on any atom is -0.484 e. The first-order chi connectivity index (χ1) is 12.3. The highest BCUT2D eigenvalue weighted by Gasteiger charge is 2.18. The second kappa shape index (κ2) is 6.79. The monoisotopic (exact) mass is 349 g/mol. The van der Waals surface area contributed by atoms with Gasteiger partial charge in [-0.25, -0.2) is 0 Å². The normalized spacial score (nSPS) is 11.5. The molecule has 0 aliphatic carbocycles. The number of aromatic nitrogens is 1. The fraction of sp³-hybridized carbons (Fsp3) is 0.273. The molecule has 0 saturated carbocycles. The Morgan fingerprint density at radius 1 is 1.08 bits per heavy atom. The molecule has 3 aromatic rings. The van der Waals surface area contributed by atoms with E-state index >= 15 is 0 Å². The minimum atomic E-state index is -0.202. The van der Waals surface area contributed by atoms with Crippen molar-refractivity contribution in [3.8, 4) is 5.75 Å². The quantitative estimate of drug-likeness (QED) is 0.637. The van der Waals surface area contributed by atoms with Gasteiger partial charge in [-0.1, -0.05) is 51.1 Å². The van der Waals surface area contributed by atoms with Crippen molar-refractivity contribution < 1.29 is 14.3 Å². The van der Waals surface area contributed by atoms with Crippen LogP contribution in [0.4, 0.5) is 0 Å². The van der Waals surface area contributed by atoms with Gasteiger partial charge in [0.25, 0.3) is 5.91 Å². The van der Waals surface area contributed by atoms with Crippen LogP contribution in [0.25, 0.3) is 10.9 Å². The van der Waals surface area contributed by atoms with E-state index in [9.17, 15) is 9.59 Å². The second-order valence-corrected chi connectivity index (χ2v) is 7.43. The van der Waals surface area contributed by atoms with Gasteiger partial charge in [0.05, 0.1) is 5.52 Å². The Morgan fingerprint density at radius 2 is 1.73 bits per heavy atom. The number of hydrogen-bond acceptors (Lipinski definition) is 3. The van der Waals surface area contributed by atoms with Crippen molar-refractivity contribution in [1.29, 1.82) is 0 Å². The first-order valence-electron chi connectivity index (χ1n) is 8.64. The molecule has 2 aromatic carbocycles.